The number of para-hydroxylation sites is 1. The van der Waals surface area contributed by atoms with Gasteiger partial charge in [-0.25, -0.2) is 9.97 Å². The zero-order valence-electron chi connectivity index (χ0n) is 11.1. The fraction of sp³-hybridized carbons (Fsp3) is 0.429. The van der Waals surface area contributed by atoms with Crippen LogP contribution in [0, 0.1) is 0 Å². The van der Waals surface area contributed by atoms with Crippen molar-refractivity contribution in [2.24, 2.45) is 0 Å². The van der Waals surface area contributed by atoms with E-state index in [1.807, 2.05) is 0 Å². The predicted molar refractivity (Wildman–Crippen MR) is 72.0 cm³/mol. The van der Waals surface area contributed by atoms with Crippen molar-refractivity contribution in [2.75, 3.05) is 18.0 Å². The van der Waals surface area contributed by atoms with E-state index in [9.17, 15) is 18.3 Å². The molecule has 1 aromatic heterocycles. The lowest BCUT2D eigenvalue weighted by atomic mass is 10.1. The monoisotopic (exact) mass is 297 g/mol. The number of aliphatic hydroxyl groups is 1. The van der Waals surface area contributed by atoms with Crippen LogP contribution in [-0.2, 0) is 6.18 Å². The lowest BCUT2D eigenvalue weighted by Gasteiger charge is -2.32. The number of halogens is 3. The van der Waals surface area contributed by atoms with Crippen molar-refractivity contribution in [3.63, 3.8) is 0 Å². The van der Waals surface area contributed by atoms with E-state index in [0.717, 1.165) is 6.42 Å². The Hall–Kier alpha value is -1.89. The third-order valence-corrected chi connectivity index (χ3v) is 3.53. The first-order valence-electron chi connectivity index (χ1n) is 6.72. The summed E-state index contributed by atoms with van der Waals surface area (Å²) in [4.78, 5) is 9.01. The Kier molecular flexibility index (Phi) is 3.44. The van der Waals surface area contributed by atoms with Crippen LogP contribution in [0.15, 0.2) is 24.3 Å². The van der Waals surface area contributed by atoms with Crippen LogP contribution in [0.25, 0.3) is 10.9 Å². The fourth-order valence-corrected chi connectivity index (χ4v) is 2.57. The number of nitrogens with zero attached hydrogens (tertiary/aromatic N) is 3. The quantitative estimate of drug-likeness (QED) is 0.879. The average Bonchev–Trinajstić information content (AvgIpc) is 2.45. The van der Waals surface area contributed by atoms with Gasteiger partial charge < -0.3 is 10.0 Å². The zero-order chi connectivity index (χ0) is 15.0. The molecule has 0 spiro atoms. The summed E-state index contributed by atoms with van der Waals surface area (Å²) in [5.41, 5.74) is 0.259. The largest absolute Gasteiger partial charge is 0.451 e. The number of hydrogen-bond donors (Lipinski definition) is 1. The van der Waals surface area contributed by atoms with Gasteiger partial charge >= 0.3 is 6.18 Å². The minimum absolute atomic E-state index is 0.242. The van der Waals surface area contributed by atoms with Crippen molar-refractivity contribution in [3.8, 4) is 0 Å². The Morgan fingerprint density at radius 1 is 1.19 bits per heavy atom. The zero-order valence-corrected chi connectivity index (χ0v) is 11.1. The molecule has 2 heterocycles. The fourth-order valence-electron chi connectivity index (χ4n) is 2.57. The number of rotatable bonds is 1. The third-order valence-electron chi connectivity index (χ3n) is 3.53. The van der Waals surface area contributed by atoms with Gasteiger partial charge in [-0.1, -0.05) is 12.1 Å². The number of benzene rings is 1. The Bertz CT molecular complexity index is 659. The van der Waals surface area contributed by atoms with E-state index in [2.05, 4.69) is 9.97 Å². The van der Waals surface area contributed by atoms with E-state index in [4.69, 9.17) is 0 Å². The van der Waals surface area contributed by atoms with Crippen LogP contribution in [0.4, 0.5) is 19.0 Å². The molecular formula is C14H14F3N3O. The smallest absolute Gasteiger partial charge is 0.391 e. The van der Waals surface area contributed by atoms with Crippen LogP contribution in [0.1, 0.15) is 18.7 Å². The van der Waals surface area contributed by atoms with Crippen LogP contribution < -0.4 is 4.90 Å². The van der Waals surface area contributed by atoms with Crippen LogP contribution in [0.5, 0.6) is 0 Å². The molecule has 0 aliphatic carbocycles. The average molecular weight is 297 g/mol. The van der Waals surface area contributed by atoms with Gasteiger partial charge in [-0.15, -0.1) is 0 Å². The lowest BCUT2D eigenvalue weighted by molar-refractivity contribution is -0.144. The summed E-state index contributed by atoms with van der Waals surface area (Å²) in [5, 5.41) is 10.3. The highest BCUT2D eigenvalue weighted by Gasteiger charge is 2.36. The first kappa shape index (κ1) is 14.1. The topological polar surface area (TPSA) is 49.2 Å². The van der Waals surface area contributed by atoms with E-state index < -0.39 is 18.1 Å². The van der Waals surface area contributed by atoms with Gasteiger partial charge in [0.15, 0.2) is 0 Å². The number of aliphatic hydroxyl groups excluding tert-OH is 1. The van der Waals surface area contributed by atoms with Gasteiger partial charge in [0.1, 0.15) is 5.82 Å². The van der Waals surface area contributed by atoms with Crippen LogP contribution in [0.3, 0.4) is 0 Å². The summed E-state index contributed by atoms with van der Waals surface area (Å²) < 4.78 is 38.8. The van der Waals surface area contributed by atoms with Gasteiger partial charge in [0, 0.05) is 18.5 Å². The summed E-state index contributed by atoms with van der Waals surface area (Å²) >= 11 is 0. The first-order chi connectivity index (χ1) is 9.95. The molecule has 1 fully saturated rings. The van der Waals surface area contributed by atoms with Crippen molar-refractivity contribution >= 4 is 16.7 Å². The van der Waals surface area contributed by atoms with E-state index in [-0.39, 0.29) is 17.9 Å². The van der Waals surface area contributed by atoms with E-state index in [1.165, 1.54) is 6.07 Å². The normalized spacial score (nSPS) is 20.0. The standard InChI is InChI=1S/C14H14F3N3O/c15-14(16,17)13-18-11-6-2-1-5-10(11)12(19-13)20-7-3-4-9(21)8-20/h1-2,5-6,9,21H,3-4,7-8H2/t9-/m1/s1. The molecule has 21 heavy (non-hydrogen) atoms. The number of fused-ring (bicyclic) bond motifs is 1. The molecule has 1 atom stereocenters. The molecule has 2 aromatic rings. The number of aromatic nitrogens is 2. The van der Waals surface area contributed by atoms with Gasteiger partial charge in [-0.3, -0.25) is 0 Å². The molecule has 3 rings (SSSR count). The highest BCUT2D eigenvalue weighted by atomic mass is 19.4. The van der Waals surface area contributed by atoms with Gasteiger partial charge in [0.05, 0.1) is 11.6 Å². The maximum absolute atomic E-state index is 12.9. The molecule has 0 unspecified atom stereocenters. The van der Waals surface area contributed by atoms with Gasteiger partial charge in [-0.05, 0) is 25.0 Å². The second kappa shape index (κ2) is 5.14. The molecule has 1 aliphatic heterocycles. The molecule has 1 aromatic carbocycles. The highest BCUT2D eigenvalue weighted by Crippen LogP contribution is 2.32. The summed E-state index contributed by atoms with van der Waals surface area (Å²) in [6, 6.07) is 6.62. The van der Waals surface area contributed by atoms with Crippen LogP contribution in [-0.4, -0.2) is 34.3 Å². The molecule has 0 bridgehead atoms. The second-order valence-electron chi connectivity index (χ2n) is 5.13. The number of alkyl halides is 3. The van der Waals surface area contributed by atoms with Crippen LogP contribution >= 0.6 is 0 Å². The molecule has 1 saturated heterocycles. The number of hydrogen-bond acceptors (Lipinski definition) is 4. The molecule has 112 valence electrons. The van der Waals surface area contributed by atoms with Crippen molar-refractivity contribution in [2.45, 2.75) is 25.1 Å². The Morgan fingerprint density at radius 2 is 1.95 bits per heavy atom. The van der Waals surface area contributed by atoms with Crippen LogP contribution in [0.2, 0.25) is 0 Å². The maximum atomic E-state index is 12.9. The number of β-amino-alcohol motifs (C(OH)–C–C–N with tert-alkyl or cyclic N) is 1. The number of anilines is 1. The minimum atomic E-state index is -4.59. The third kappa shape index (κ3) is 2.78. The summed E-state index contributed by atoms with van der Waals surface area (Å²) in [6.45, 7) is 0.869. The molecule has 0 amide bonds. The Morgan fingerprint density at radius 3 is 2.67 bits per heavy atom. The summed E-state index contributed by atoms with van der Waals surface area (Å²) in [6.07, 6.45) is -3.75. The van der Waals surface area contributed by atoms with E-state index in [1.54, 1.807) is 23.1 Å². The SMILES string of the molecule is O[C@@H]1CCCN(c2nc(C(F)(F)F)nc3ccccc23)C1. The second-order valence-corrected chi connectivity index (χ2v) is 5.13. The predicted octanol–water partition coefficient (Wildman–Crippen LogP) is 2.61. The molecule has 0 radical (unpaired) electrons. The molecule has 0 saturated carbocycles. The summed E-state index contributed by atoms with van der Waals surface area (Å²) in [5.74, 6) is -0.900. The molecule has 4 nitrogen and oxygen atoms in total. The number of piperidine rings is 1. The minimum Gasteiger partial charge on any atom is -0.391 e. The van der Waals surface area contributed by atoms with Gasteiger partial charge in [-0.2, -0.15) is 13.2 Å². The van der Waals surface area contributed by atoms with Crippen molar-refractivity contribution in [1.29, 1.82) is 0 Å². The lowest BCUT2D eigenvalue weighted by Crippen LogP contribution is -2.39. The van der Waals surface area contributed by atoms with Crippen molar-refractivity contribution in [1.82, 2.24) is 9.97 Å². The summed E-state index contributed by atoms with van der Waals surface area (Å²) in [7, 11) is 0. The molecule has 1 aliphatic rings. The molecule has 1 N–H and O–H groups in total. The van der Waals surface area contributed by atoms with E-state index >= 15 is 0 Å². The van der Waals surface area contributed by atoms with Gasteiger partial charge in [0.25, 0.3) is 0 Å². The van der Waals surface area contributed by atoms with Gasteiger partial charge in [0.2, 0.25) is 5.82 Å². The van der Waals surface area contributed by atoms with Crippen molar-refractivity contribution < 1.29 is 18.3 Å². The van der Waals surface area contributed by atoms with Crippen molar-refractivity contribution in [3.05, 3.63) is 30.1 Å². The van der Waals surface area contributed by atoms with E-state index in [0.29, 0.717) is 18.4 Å². The highest BCUT2D eigenvalue weighted by molar-refractivity contribution is 5.89. The first-order valence-corrected chi connectivity index (χ1v) is 6.72. The molecular weight excluding hydrogens is 283 g/mol. The maximum Gasteiger partial charge on any atom is 0.451 e. The Balaban J connectivity index is 2.14. The molecule has 7 heteroatoms. The Labute approximate surface area is 119 Å².